The molecule has 0 fully saturated rings. The molecule has 0 aliphatic rings. The Morgan fingerprint density at radius 3 is 0.789 bits per heavy atom. The lowest BCUT2D eigenvalue weighted by Crippen LogP contribution is -2.28. The molecular formula is C71H110O5. The van der Waals surface area contributed by atoms with Crippen LogP contribution in [-0.2, 0) is 19.1 Å². The summed E-state index contributed by atoms with van der Waals surface area (Å²) in [5.41, 5.74) is 0. The molecule has 0 aliphatic heterocycles. The number of rotatable bonds is 53. The van der Waals surface area contributed by atoms with E-state index in [1.165, 1.54) is 57.8 Å². The van der Waals surface area contributed by atoms with Gasteiger partial charge in [0.2, 0.25) is 0 Å². The second-order valence-electron chi connectivity index (χ2n) is 19.3. The van der Waals surface area contributed by atoms with Crippen molar-refractivity contribution in [2.24, 2.45) is 0 Å². The minimum Gasteiger partial charge on any atom is -0.462 e. The number of carbonyl (C=O) groups excluding carboxylic acids is 2. The summed E-state index contributed by atoms with van der Waals surface area (Å²) >= 11 is 0. The lowest BCUT2D eigenvalue weighted by Gasteiger charge is -2.15. The second kappa shape index (κ2) is 64.3. The Morgan fingerprint density at radius 1 is 0.303 bits per heavy atom. The van der Waals surface area contributed by atoms with Gasteiger partial charge in [-0.1, -0.05) is 267 Å². The Balaban J connectivity index is 3.64. The average molecular weight is 1040 g/mol. The summed E-state index contributed by atoms with van der Waals surface area (Å²) in [4.78, 5) is 24.5. The van der Waals surface area contributed by atoms with Crippen LogP contribution in [0.3, 0.4) is 0 Å². The molecule has 0 aromatic rings. The molecule has 5 heteroatoms. The highest BCUT2D eigenvalue weighted by atomic mass is 16.6. The molecule has 0 rings (SSSR count). The van der Waals surface area contributed by atoms with Crippen molar-refractivity contribution in [1.29, 1.82) is 0 Å². The van der Waals surface area contributed by atoms with Crippen molar-refractivity contribution in [3.05, 3.63) is 182 Å². The van der Waals surface area contributed by atoms with Crippen molar-refractivity contribution in [1.82, 2.24) is 0 Å². The Kier molecular flexibility index (Phi) is 60.1. The molecule has 0 spiro atoms. The van der Waals surface area contributed by atoms with E-state index in [-0.39, 0.29) is 25.2 Å². The molecule has 0 aromatic heterocycles. The van der Waals surface area contributed by atoms with Crippen LogP contribution < -0.4 is 0 Å². The summed E-state index contributed by atoms with van der Waals surface area (Å²) in [6, 6.07) is 0. The van der Waals surface area contributed by atoms with Crippen LogP contribution in [0.2, 0.25) is 0 Å². The fourth-order valence-electron chi connectivity index (χ4n) is 7.73. The van der Waals surface area contributed by atoms with Gasteiger partial charge in [-0.25, -0.2) is 0 Å². The molecule has 0 aromatic carbocycles. The van der Waals surface area contributed by atoms with Gasteiger partial charge in [-0.3, -0.25) is 9.59 Å². The summed E-state index contributed by atoms with van der Waals surface area (Å²) in [5, 5.41) is 9.66. The lowest BCUT2D eigenvalue weighted by atomic mass is 10.1. The third kappa shape index (κ3) is 61.5. The van der Waals surface area contributed by atoms with Crippen LogP contribution in [0.5, 0.6) is 0 Å². The number of ether oxygens (including phenoxy) is 2. The molecule has 76 heavy (non-hydrogen) atoms. The van der Waals surface area contributed by atoms with Gasteiger partial charge < -0.3 is 14.6 Å². The standard InChI is InChI=1S/C71H110O5/c1-3-5-7-9-11-13-15-17-19-21-23-25-26-27-28-29-30-31-32-33-34-35-36-37-38-39-40-41-42-43-44-46-48-50-52-54-56-58-60-62-64-66-71(74)76-69(67-72)68-75-70(73)65-63-61-59-57-55-53-51-49-47-45-24-22-20-18-16-14-12-10-8-6-4-2/h5-8,11-14,17-20,23-25,27-28,30-31,33-34,36-37,39-40,42-43,45-46,48,69,72H,3-4,9-10,15-16,21-22,26,29,32,35,38,41,44,47,49-68H2,1-2H3/b7-5-,8-6-,13-11-,14-12-,19-17-,20-18-,25-23-,28-27-,31-30-,34-33-,37-36-,40-39-,43-42-,45-24-,48-46-. The molecule has 1 unspecified atom stereocenters. The molecule has 0 saturated carbocycles. The third-order valence-corrected chi connectivity index (χ3v) is 12.2. The number of allylic oxidation sites excluding steroid dienone is 30. The van der Waals surface area contributed by atoms with Crippen LogP contribution in [-0.4, -0.2) is 36.4 Å². The normalized spacial score (nSPS) is 13.6. The van der Waals surface area contributed by atoms with Crippen molar-refractivity contribution in [2.75, 3.05) is 13.2 Å². The maximum atomic E-state index is 12.3. The maximum Gasteiger partial charge on any atom is 0.306 e. The van der Waals surface area contributed by atoms with Gasteiger partial charge in [0, 0.05) is 12.8 Å². The highest BCUT2D eigenvalue weighted by molar-refractivity contribution is 5.70. The monoisotopic (exact) mass is 1040 g/mol. The number of aliphatic hydroxyl groups is 1. The highest BCUT2D eigenvalue weighted by Gasteiger charge is 2.16. The van der Waals surface area contributed by atoms with Crippen molar-refractivity contribution in [3.8, 4) is 0 Å². The van der Waals surface area contributed by atoms with Gasteiger partial charge in [-0.15, -0.1) is 0 Å². The zero-order valence-electron chi connectivity index (χ0n) is 48.4. The fraction of sp³-hybridized carbons (Fsp3) is 0.549. The topological polar surface area (TPSA) is 72.8 Å². The molecule has 1 atom stereocenters. The lowest BCUT2D eigenvalue weighted by molar-refractivity contribution is -0.161. The zero-order valence-corrected chi connectivity index (χ0v) is 48.4. The molecule has 424 valence electrons. The van der Waals surface area contributed by atoms with Crippen molar-refractivity contribution in [2.45, 2.75) is 238 Å². The van der Waals surface area contributed by atoms with E-state index in [9.17, 15) is 14.7 Å². The maximum absolute atomic E-state index is 12.3. The van der Waals surface area contributed by atoms with Crippen molar-refractivity contribution in [3.63, 3.8) is 0 Å². The van der Waals surface area contributed by atoms with E-state index < -0.39 is 6.10 Å². The van der Waals surface area contributed by atoms with E-state index in [1.54, 1.807) is 0 Å². The minimum atomic E-state index is -0.796. The molecule has 0 aliphatic carbocycles. The number of carbonyl (C=O) groups is 2. The molecule has 0 radical (unpaired) electrons. The molecular weight excluding hydrogens is 933 g/mol. The van der Waals surface area contributed by atoms with Crippen LogP contribution in [0.15, 0.2) is 182 Å². The van der Waals surface area contributed by atoms with Crippen LogP contribution in [0.4, 0.5) is 0 Å². The largest absolute Gasteiger partial charge is 0.462 e. The molecule has 1 N–H and O–H groups in total. The van der Waals surface area contributed by atoms with Crippen molar-refractivity contribution >= 4 is 11.9 Å². The Bertz CT molecular complexity index is 1750. The van der Waals surface area contributed by atoms with Gasteiger partial charge in [0.25, 0.3) is 0 Å². The average Bonchev–Trinajstić information content (AvgIpc) is 3.42. The van der Waals surface area contributed by atoms with Gasteiger partial charge in [0.05, 0.1) is 6.61 Å². The van der Waals surface area contributed by atoms with Crippen molar-refractivity contribution < 1.29 is 24.2 Å². The predicted molar refractivity (Wildman–Crippen MR) is 333 cm³/mol. The van der Waals surface area contributed by atoms with Gasteiger partial charge in [-0.2, -0.15) is 0 Å². The first-order valence-corrected chi connectivity index (χ1v) is 30.3. The van der Waals surface area contributed by atoms with Gasteiger partial charge in [-0.05, 0) is 135 Å². The minimum absolute atomic E-state index is 0.0860. The summed E-state index contributed by atoms with van der Waals surface area (Å²) in [5.74, 6) is -0.625. The molecule has 5 nitrogen and oxygen atoms in total. The predicted octanol–water partition coefficient (Wildman–Crippen LogP) is 21.1. The first-order chi connectivity index (χ1) is 37.6. The number of hydrogen-bond donors (Lipinski definition) is 1. The van der Waals surface area contributed by atoms with E-state index in [1.807, 2.05) is 0 Å². The zero-order chi connectivity index (χ0) is 54.8. The quantitative estimate of drug-likeness (QED) is 0.0373. The van der Waals surface area contributed by atoms with E-state index in [4.69, 9.17) is 9.47 Å². The first kappa shape index (κ1) is 71.0. The van der Waals surface area contributed by atoms with E-state index in [0.29, 0.717) is 12.8 Å². The summed E-state index contributed by atoms with van der Waals surface area (Å²) in [7, 11) is 0. The van der Waals surface area contributed by atoms with Gasteiger partial charge in [0.15, 0.2) is 6.10 Å². The smallest absolute Gasteiger partial charge is 0.306 e. The third-order valence-electron chi connectivity index (χ3n) is 12.2. The SMILES string of the molecule is CC/C=C\C/C=C\C/C=C\C/C=C\C/C=C\C/C=C\C/C=C\C/C=C\C/C=C\C/C=C\C/C=C\CCCCCCCCCC(=O)OC(CO)COC(=O)CCCCCCCCCC/C=C\C/C=C\C/C=C\C/C=C\CC. The summed E-state index contributed by atoms with van der Waals surface area (Å²) in [6.07, 6.45) is 102. The summed E-state index contributed by atoms with van der Waals surface area (Å²) in [6.45, 7) is 3.89. The number of aliphatic hydroxyl groups excluding tert-OH is 1. The van der Waals surface area contributed by atoms with Crippen LogP contribution in [0.1, 0.15) is 232 Å². The Hall–Kier alpha value is -5.00. The molecule has 0 heterocycles. The van der Waals surface area contributed by atoms with Gasteiger partial charge >= 0.3 is 11.9 Å². The number of esters is 2. The van der Waals surface area contributed by atoms with E-state index >= 15 is 0 Å². The fourth-order valence-corrected chi connectivity index (χ4v) is 7.73. The van der Waals surface area contributed by atoms with Crippen LogP contribution >= 0.6 is 0 Å². The van der Waals surface area contributed by atoms with Crippen LogP contribution in [0.25, 0.3) is 0 Å². The highest BCUT2D eigenvalue weighted by Crippen LogP contribution is 2.14. The Morgan fingerprint density at radius 2 is 0.526 bits per heavy atom. The van der Waals surface area contributed by atoms with E-state index in [0.717, 1.165) is 148 Å². The van der Waals surface area contributed by atoms with Gasteiger partial charge in [0.1, 0.15) is 6.61 Å². The molecule has 0 amide bonds. The summed E-state index contributed by atoms with van der Waals surface area (Å²) < 4.78 is 10.7. The van der Waals surface area contributed by atoms with Crippen LogP contribution in [0, 0.1) is 0 Å². The number of unbranched alkanes of at least 4 members (excludes halogenated alkanes) is 15. The second-order valence-corrected chi connectivity index (χ2v) is 19.3. The molecule has 0 saturated heterocycles. The first-order valence-electron chi connectivity index (χ1n) is 30.3. The number of hydrogen-bond acceptors (Lipinski definition) is 5. The van der Waals surface area contributed by atoms with E-state index in [2.05, 4.69) is 196 Å². The Labute approximate surface area is 467 Å². The molecule has 0 bridgehead atoms.